The Bertz CT molecular complexity index is 1010. The summed E-state index contributed by atoms with van der Waals surface area (Å²) in [6.45, 7) is 1.69. The first-order valence-corrected chi connectivity index (χ1v) is 10.8. The Balaban J connectivity index is 0.000000207. The maximum atomic E-state index is 12.7. The van der Waals surface area contributed by atoms with Gasteiger partial charge in [0.15, 0.2) is 5.69 Å². The van der Waals surface area contributed by atoms with Gasteiger partial charge in [-0.25, -0.2) is 14.8 Å². The zero-order valence-electron chi connectivity index (χ0n) is 18.4. The normalized spacial score (nSPS) is 29.6. The molecule has 2 aromatic rings. The number of hydrogen-bond acceptors (Lipinski definition) is 7. The van der Waals surface area contributed by atoms with Gasteiger partial charge in [-0.05, 0) is 63.4 Å². The molecule has 4 aliphatic rings. The summed E-state index contributed by atoms with van der Waals surface area (Å²) in [6.07, 6.45) is 11.0. The van der Waals surface area contributed by atoms with Gasteiger partial charge in [0, 0.05) is 35.1 Å². The molecule has 0 aromatic carbocycles. The zero-order valence-corrected chi connectivity index (χ0v) is 18.4. The second-order valence-electron chi connectivity index (χ2n) is 9.50. The number of nitrogens with two attached hydrogens (primary N) is 1. The molecule has 4 saturated carbocycles. The molecule has 4 bridgehead atoms. The van der Waals surface area contributed by atoms with E-state index in [4.69, 9.17) is 15.6 Å². The monoisotopic (exact) mass is 439 g/mol. The highest BCUT2D eigenvalue weighted by Crippen LogP contribution is 2.56. The number of rotatable bonds is 4. The van der Waals surface area contributed by atoms with Crippen LogP contribution < -0.4 is 15.8 Å². The van der Waals surface area contributed by atoms with Crippen molar-refractivity contribution < 1.29 is 19.4 Å². The Kier molecular flexibility index (Phi) is 5.85. The Morgan fingerprint density at radius 1 is 1.22 bits per heavy atom. The number of nitrogens with zero attached hydrogens (tertiary/aromatic N) is 3. The molecule has 0 spiro atoms. The summed E-state index contributed by atoms with van der Waals surface area (Å²) in [7, 11) is 1.56. The summed E-state index contributed by atoms with van der Waals surface area (Å²) in [4.78, 5) is 34.3. The molecule has 1 amide bonds. The molecule has 9 nitrogen and oxygen atoms in total. The number of pyridine rings is 1. The molecule has 170 valence electrons. The maximum absolute atomic E-state index is 12.7. The predicted octanol–water partition coefficient (Wildman–Crippen LogP) is 2.35. The quantitative estimate of drug-likeness (QED) is 0.659. The lowest BCUT2D eigenvalue weighted by Gasteiger charge is -2.61. The van der Waals surface area contributed by atoms with Crippen LogP contribution in [0.25, 0.3) is 0 Å². The number of nitrogens with one attached hydrogen (secondary N) is 1. The number of hydrogen-bond donors (Lipinski definition) is 3. The van der Waals surface area contributed by atoms with Crippen LogP contribution in [0.15, 0.2) is 30.7 Å². The van der Waals surface area contributed by atoms with E-state index >= 15 is 0 Å². The van der Waals surface area contributed by atoms with E-state index in [-0.39, 0.29) is 22.7 Å². The van der Waals surface area contributed by atoms with Crippen LogP contribution in [-0.2, 0) is 0 Å². The molecular weight excluding hydrogens is 410 g/mol. The molecule has 32 heavy (non-hydrogen) atoms. The van der Waals surface area contributed by atoms with Crippen molar-refractivity contribution in [1.29, 1.82) is 0 Å². The van der Waals surface area contributed by atoms with E-state index in [0.29, 0.717) is 29.0 Å². The van der Waals surface area contributed by atoms with E-state index in [1.54, 1.807) is 32.4 Å². The highest BCUT2D eigenvalue weighted by molar-refractivity contribution is 5.95. The van der Waals surface area contributed by atoms with Gasteiger partial charge < -0.3 is 20.9 Å². The number of aromatic nitrogens is 3. The van der Waals surface area contributed by atoms with Crippen LogP contribution >= 0.6 is 0 Å². The van der Waals surface area contributed by atoms with Crippen LogP contribution in [0.5, 0.6) is 5.88 Å². The third-order valence-electron chi connectivity index (χ3n) is 6.67. The summed E-state index contributed by atoms with van der Waals surface area (Å²) in [5, 5.41) is 11.7. The van der Waals surface area contributed by atoms with Crippen LogP contribution in [0.3, 0.4) is 0 Å². The number of carbonyl (C=O) groups excluding carboxylic acids is 1. The molecule has 2 atom stereocenters. The SMILES string of the molecule is COc1cc(C(=O)NC23CC4CC(CC(N)(C4)C2)C3)ccn1.Cc1cncc(C(=O)O)n1. The van der Waals surface area contributed by atoms with Crippen molar-refractivity contribution in [3.05, 3.63) is 47.7 Å². The van der Waals surface area contributed by atoms with E-state index in [1.165, 1.54) is 18.8 Å². The average Bonchev–Trinajstić information content (AvgIpc) is 2.72. The second-order valence-corrected chi connectivity index (χ2v) is 9.50. The lowest BCUT2D eigenvalue weighted by molar-refractivity contribution is -0.0321. The van der Waals surface area contributed by atoms with E-state index < -0.39 is 5.97 Å². The summed E-state index contributed by atoms with van der Waals surface area (Å²) in [5.74, 6) is 0.743. The van der Waals surface area contributed by atoms with E-state index in [0.717, 1.165) is 32.1 Å². The highest BCUT2D eigenvalue weighted by Gasteiger charge is 2.56. The third-order valence-corrected chi connectivity index (χ3v) is 6.67. The van der Waals surface area contributed by atoms with E-state index in [1.807, 2.05) is 0 Å². The fraction of sp³-hybridized carbons (Fsp3) is 0.522. The standard InChI is InChI=1S/C17H23N3O2.C6H6N2O2/c1-22-14-5-13(2-3-19-14)15(21)20-17-8-11-4-12(9-17)7-16(18,6-11)10-17;1-4-2-7-3-5(8-4)6(9)10/h2-3,5,11-12H,4,6-10,18H2,1H3,(H,20,21);2-3H,1H3,(H,9,10). The zero-order chi connectivity index (χ0) is 22.9. The Hall–Kier alpha value is -3.07. The number of aromatic carboxylic acids is 1. The van der Waals surface area contributed by atoms with Gasteiger partial charge in [-0.1, -0.05) is 0 Å². The van der Waals surface area contributed by atoms with Crippen LogP contribution in [-0.4, -0.2) is 50.1 Å². The van der Waals surface area contributed by atoms with Crippen LogP contribution in [0, 0.1) is 18.8 Å². The fourth-order valence-electron chi connectivity index (χ4n) is 6.02. The first-order chi connectivity index (χ1) is 15.2. The van der Waals surface area contributed by atoms with Crippen LogP contribution in [0.4, 0.5) is 0 Å². The molecule has 0 radical (unpaired) electrons. The number of methoxy groups -OCH3 is 1. The Morgan fingerprint density at radius 3 is 2.50 bits per heavy atom. The van der Waals surface area contributed by atoms with Crippen molar-refractivity contribution in [2.24, 2.45) is 17.6 Å². The van der Waals surface area contributed by atoms with E-state index in [9.17, 15) is 9.59 Å². The number of ether oxygens (including phenoxy) is 1. The third kappa shape index (κ3) is 4.72. The Labute approximate surface area is 186 Å². The molecule has 4 N–H and O–H groups in total. The molecule has 2 unspecified atom stereocenters. The van der Waals surface area contributed by atoms with Gasteiger partial charge >= 0.3 is 5.97 Å². The second kappa shape index (κ2) is 8.46. The van der Waals surface area contributed by atoms with Crippen molar-refractivity contribution in [2.45, 2.75) is 56.5 Å². The fourth-order valence-corrected chi connectivity index (χ4v) is 6.02. The number of carboxylic acid groups (broad SMARTS) is 1. The smallest absolute Gasteiger partial charge is 0.356 e. The average molecular weight is 440 g/mol. The van der Waals surface area contributed by atoms with Gasteiger partial charge in [-0.15, -0.1) is 0 Å². The Morgan fingerprint density at radius 2 is 1.94 bits per heavy atom. The van der Waals surface area contributed by atoms with E-state index in [2.05, 4.69) is 20.3 Å². The van der Waals surface area contributed by atoms with Gasteiger partial charge in [0.25, 0.3) is 5.91 Å². The maximum Gasteiger partial charge on any atom is 0.356 e. The largest absolute Gasteiger partial charge is 0.481 e. The lowest BCUT2D eigenvalue weighted by Crippen LogP contribution is -2.68. The lowest BCUT2D eigenvalue weighted by atomic mass is 9.50. The van der Waals surface area contributed by atoms with Gasteiger partial charge in [-0.2, -0.15) is 0 Å². The van der Waals surface area contributed by atoms with Crippen molar-refractivity contribution in [1.82, 2.24) is 20.3 Å². The minimum Gasteiger partial charge on any atom is -0.481 e. The van der Waals surface area contributed by atoms with Crippen molar-refractivity contribution in [3.63, 3.8) is 0 Å². The molecule has 4 fully saturated rings. The molecule has 9 heteroatoms. The van der Waals surface area contributed by atoms with Gasteiger partial charge in [0.05, 0.1) is 19.0 Å². The summed E-state index contributed by atoms with van der Waals surface area (Å²) in [6, 6.07) is 3.42. The van der Waals surface area contributed by atoms with Crippen molar-refractivity contribution >= 4 is 11.9 Å². The molecule has 0 saturated heterocycles. The minimum absolute atomic E-state index is 0.0139. The number of carbonyl (C=O) groups is 2. The topological polar surface area (TPSA) is 140 Å². The van der Waals surface area contributed by atoms with Crippen molar-refractivity contribution in [3.8, 4) is 5.88 Å². The predicted molar refractivity (Wildman–Crippen MR) is 116 cm³/mol. The number of amides is 1. The first-order valence-electron chi connectivity index (χ1n) is 10.8. The minimum atomic E-state index is -1.05. The number of carboxylic acids is 1. The molecule has 6 rings (SSSR count). The van der Waals surface area contributed by atoms with Gasteiger partial charge in [0.2, 0.25) is 5.88 Å². The molecule has 4 aliphatic carbocycles. The van der Waals surface area contributed by atoms with Crippen LogP contribution in [0.2, 0.25) is 0 Å². The molecular formula is C23H29N5O4. The van der Waals surface area contributed by atoms with Crippen LogP contribution in [0.1, 0.15) is 65.1 Å². The molecule has 2 heterocycles. The van der Waals surface area contributed by atoms with Crippen molar-refractivity contribution in [2.75, 3.05) is 7.11 Å². The molecule has 2 aromatic heterocycles. The highest BCUT2D eigenvalue weighted by atomic mass is 16.5. The first kappa shape index (κ1) is 22.1. The summed E-state index contributed by atoms with van der Waals surface area (Å²) < 4.78 is 5.10. The summed E-state index contributed by atoms with van der Waals surface area (Å²) in [5.41, 5.74) is 7.62. The molecule has 0 aliphatic heterocycles. The number of aryl methyl sites for hydroxylation is 1. The van der Waals surface area contributed by atoms with Gasteiger partial charge in [-0.3, -0.25) is 9.78 Å². The van der Waals surface area contributed by atoms with Gasteiger partial charge in [0.1, 0.15) is 0 Å². The summed E-state index contributed by atoms with van der Waals surface area (Å²) >= 11 is 0.